The molecule has 0 aliphatic carbocycles. The van der Waals surface area contributed by atoms with E-state index in [9.17, 15) is 27.6 Å². The van der Waals surface area contributed by atoms with Crippen LogP contribution in [-0.2, 0) is 27.0 Å². The van der Waals surface area contributed by atoms with Gasteiger partial charge in [-0.2, -0.15) is 18.3 Å². The van der Waals surface area contributed by atoms with E-state index in [2.05, 4.69) is 5.10 Å². The van der Waals surface area contributed by atoms with Gasteiger partial charge in [-0.3, -0.25) is 9.59 Å². The number of pyridine rings is 1. The molecule has 3 heterocycles. The van der Waals surface area contributed by atoms with Gasteiger partial charge in [0.15, 0.2) is 0 Å². The molecule has 4 rings (SSSR count). The number of hydrogen-bond donors (Lipinski definition) is 0. The summed E-state index contributed by atoms with van der Waals surface area (Å²) in [5.74, 6) is -2.13. The average molecular weight is 417 g/mol. The second-order valence-corrected chi connectivity index (χ2v) is 6.72. The fraction of sp³-hybridized carbons (Fsp3) is 0.200. The van der Waals surface area contributed by atoms with Gasteiger partial charge in [-0.05, 0) is 35.7 Å². The highest BCUT2D eigenvalue weighted by Crippen LogP contribution is 2.30. The normalized spacial score (nSPS) is 14.6. The summed E-state index contributed by atoms with van der Waals surface area (Å²) in [7, 11) is 0. The first-order valence-electron chi connectivity index (χ1n) is 8.93. The minimum absolute atomic E-state index is 0.0277. The van der Waals surface area contributed by atoms with E-state index in [0.29, 0.717) is 21.7 Å². The van der Waals surface area contributed by atoms with Crippen LogP contribution in [-0.4, -0.2) is 32.5 Å². The summed E-state index contributed by atoms with van der Waals surface area (Å²) in [6.45, 7) is 0. The highest BCUT2D eigenvalue weighted by atomic mass is 19.4. The van der Waals surface area contributed by atoms with E-state index in [-0.39, 0.29) is 24.8 Å². The zero-order chi connectivity index (χ0) is 21.5. The summed E-state index contributed by atoms with van der Waals surface area (Å²) >= 11 is 0. The molecular formula is C20H14F3N3O4. The largest absolute Gasteiger partial charge is 0.416 e. The smallest absolute Gasteiger partial charge is 0.325 e. The maximum absolute atomic E-state index is 12.8. The van der Waals surface area contributed by atoms with Crippen molar-refractivity contribution in [2.24, 2.45) is 0 Å². The molecule has 0 unspecified atom stereocenters. The van der Waals surface area contributed by atoms with Crippen molar-refractivity contribution in [2.45, 2.75) is 25.4 Å². The lowest BCUT2D eigenvalue weighted by atomic mass is 10.0. The average Bonchev–Trinajstić information content (AvgIpc) is 3.27. The number of hydrogen-bond acceptors (Lipinski definition) is 5. The van der Waals surface area contributed by atoms with E-state index in [1.165, 1.54) is 22.8 Å². The summed E-state index contributed by atoms with van der Waals surface area (Å²) in [6.07, 6.45) is -1.41. The molecule has 0 atom stereocenters. The van der Waals surface area contributed by atoms with Crippen LogP contribution in [0.25, 0.3) is 5.52 Å². The monoisotopic (exact) mass is 417 g/mol. The lowest BCUT2D eigenvalue weighted by Gasteiger charge is -2.12. The van der Waals surface area contributed by atoms with E-state index in [1.807, 2.05) is 0 Å². The summed E-state index contributed by atoms with van der Waals surface area (Å²) < 4.78 is 39.7. The molecule has 0 spiro atoms. The maximum atomic E-state index is 12.8. The van der Waals surface area contributed by atoms with Crippen LogP contribution in [0.5, 0.6) is 0 Å². The van der Waals surface area contributed by atoms with E-state index < -0.39 is 29.5 Å². The number of imide groups is 1. The zero-order valence-electron chi connectivity index (χ0n) is 15.3. The lowest BCUT2D eigenvalue weighted by Crippen LogP contribution is -2.32. The Balaban J connectivity index is 1.63. The summed E-state index contributed by atoms with van der Waals surface area (Å²) in [5, 5.41) is 4.53. The van der Waals surface area contributed by atoms with Gasteiger partial charge in [-0.1, -0.05) is 18.2 Å². The Bertz CT molecular complexity index is 1140. The molecule has 0 N–H and O–H groups in total. The number of alkyl halides is 3. The molecule has 7 nitrogen and oxygen atoms in total. The second kappa shape index (κ2) is 7.29. The molecule has 0 radical (unpaired) electrons. The van der Waals surface area contributed by atoms with Gasteiger partial charge >= 0.3 is 12.1 Å². The molecule has 3 aromatic rings. The van der Waals surface area contributed by atoms with Gasteiger partial charge in [0.2, 0.25) is 0 Å². The Morgan fingerprint density at radius 2 is 1.73 bits per heavy atom. The van der Waals surface area contributed by atoms with Crippen LogP contribution in [0.15, 0.2) is 48.8 Å². The highest BCUT2D eigenvalue weighted by Gasteiger charge is 2.34. The van der Waals surface area contributed by atoms with Crippen LogP contribution < -0.4 is 0 Å². The maximum Gasteiger partial charge on any atom is 0.416 e. The Morgan fingerprint density at radius 1 is 1.07 bits per heavy atom. The van der Waals surface area contributed by atoms with E-state index >= 15 is 0 Å². The predicted molar refractivity (Wildman–Crippen MR) is 95.9 cm³/mol. The first-order chi connectivity index (χ1) is 14.2. The number of fused-ring (bicyclic) bond motifs is 1. The topological polar surface area (TPSA) is 81.0 Å². The number of carbonyl (C=O) groups excluding carboxylic acids is 3. The molecule has 1 saturated heterocycles. The Kier molecular flexibility index (Phi) is 4.76. The molecule has 2 aromatic heterocycles. The van der Waals surface area contributed by atoms with Crippen molar-refractivity contribution in [3.05, 3.63) is 71.0 Å². The van der Waals surface area contributed by atoms with Crippen LogP contribution in [0, 0.1) is 0 Å². The molecule has 154 valence electrons. The van der Waals surface area contributed by atoms with Crippen molar-refractivity contribution < 1.29 is 32.4 Å². The molecule has 2 amide bonds. The van der Waals surface area contributed by atoms with E-state index in [0.717, 1.165) is 12.1 Å². The van der Waals surface area contributed by atoms with Crippen LogP contribution in [0.4, 0.5) is 13.2 Å². The van der Waals surface area contributed by atoms with Gasteiger partial charge in [0, 0.05) is 19.0 Å². The number of aromatic nitrogens is 2. The van der Waals surface area contributed by atoms with Crippen molar-refractivity contribution in [2.75, 3.05) is 0 Å². The fourth-order valence-corrected chi connectivity index (χ4v) is 3.23. The second-order valence-electron chi connectivity index (χ2n) is 6.72. The summed E-state index contributed by atoms with van der Waals surface area (Å²) in [4.78, 5) is 40.9. The number of amides is 2. The molecule has 0 saturated carbocycles. The number of rotatable bonds is 4. The van der Waals surface area contributed by atoms with Crippen molar-refractivity contribution in [3.8, 4) is 0 Å². The van der Waals surface area contributed by atoms with Crippen LogP contribution in [0.3, 0.4) is 0 Å². The number of halogens is 3. The zero-order valence-corrected chi connectivity index (χ0v) is 15.3. The van der Waals surface area contributed by atoms with Crippen molar-refractivity contribution in [3.63, 3.8) is 0 Å². The third-order valence-electron chi connectivity index (χ3n) is 4.70. The first-order valence-corrected chi connectivity index (χ1v) is 8.93. The molecule has 30 heavy (non-hydrogen) atoms. The number of hydroxylamine groups is 2. The molecule has 1 aromatic carbocycles. The molecule has 0 bridgehead atoms. The number of carbonyl (C=O) groups is 3. The third-order valence-corrected chi connectivity index (χ3v) is 4.70. The standard InChI is InChI=1S/C20H14F3N3O4/c21-20(22,23)14-5-3-12(4-6-14)10-13-2-1-9-25-18(13)15(11-24-25)19(29)30-26-16(27)7-8-17(26)28/h1-6,9,11H,7-8,10H2. The fourth-order valence-electron chi connectivity index (χ4n) is 3.23. The van der Waals surface area contributed by atoms with Crippen LogP contribution >= 0.6 is 0 Å². The minimum Gasteiger partial charge on any atom is -0.325 e. The van der Waals surface area contributed by atoms with Gasteiger partial charge in [0.05, 0.1) is 17.3 Å². The SMILES string of the molecule is O=C(ON1C(=O)CCC1=O)c1cnn2cccc(Cc3ccc(C(F)(F)F)cc3)c12. The van der Waals surface area contributed by atoms with Crippen molar-refractivity contribution >= 4 is 23.3 Å². The van der Waals surface area contributed by atoms with Gasteiger partial charge in [0.25, 0.3) is 11.8 Å². The third kappa shape index (κ3) is 3.63. The predicted octanol–water partition coefficient (Wildman–Crippen LogP) is 3.16. The molecule has 1 fully saturated rings. The van der Waals surface area contributed by atoms with Gasteiger partial charge in [0.1, 0.15) is 5.56 Å². The first kappa shape index (κ1) is 19.6. The Labute approximate surface area is 167 Å². The van der Waals surface area contributed by atoms with Crippen molar-refractivity contribution in [1.29, 1.82) is 0 Å². The molecule has 1 aliphatic heterocycles. The Morgan fingerprint density at radius 3 is 2.37 bits per heavy atom. The quantitative estimate of drug-likeness (QED) is 0.610. The highest BCUT2D eigenvalue weighted by molar-refractivity contribution is 6.04. The number of benzene rings is 1. The lowest BCUT2D eigenvalue weighted by molar-refractivity contribution is -0.172. The van der Waals surface area contributed by atoms with Gasteiger partial charge < -0.3 is 4.84 Å². The number of nitrogens with zero attached hydrogens (tertiary/aromatic N) is 3. The van der Waals surface area contributed by atoms with E-state index in [4.69, 9.17) is 4.84 Å². The summed E-state index contributed by atoms with van der Waals surface area (Å²) in [5.41, 5.74) is 0.867. The summed E-state index contributed by atoms with van der Waals surface area (Å²) in [6, 6.07) is 8.10. The molecule has 1 aliphatic rings. The Hall–Kier alpha value is -3.69. The molecule has 10 heteroatoms. The van der Waals surface area contributed by atoms with Gasteiger partial charge in [-0.15, -0.1) is 5.06 Å². The molecular weight excluding hydrogens is 403 g/mol. The van der Waals surface area contributed by atoms with Gasteiger partial charge in [-0.25, -0.2) is 9.31 Å². The van der Waals surface area contributed by atoms with E-state index in [1.54, 1.807) is 18.3 Å². The van der Waals surface area contributed by atoms with Crippen LogP contribution in [0.1, 0.15) is 39.9 Å². The van der Waals surface area contributed by atoms with Crippen molar-refractivity contribution in [1.82, 2.24) is 14.7 Å². The minimum atomic E-state index is -4.43. The van der Waals surface area contributed by atoms with Crippen LogP contribution in [0.2, 0.25) is 0 Å².